The lowest BCUT2D eigenvalue weighted by Gasteiger charge is -2.03. The maximum atomic E-state index is 10.9. The molecule has 2 rings (SSSR count). The van der Waals surface area contributed by atoms with E-state index in [0.717, 1.165) is 9.99 Å². The van der Waals surface area contributed by atoms with Gasteiger partial charge in [-0.1, -0.05) is 0 Å². The minimum absolute atomic E-state index is 0.162. The van der Waals surface area contributed by atoms with Crippen molar-refractivity contribution in [3.05, 3.63) is 22.3 Å². The molecule has 0 bridgehead atoms. The fourth-order valence-corrected chi connectivity index (χ4v) is 2.02. The Morgan fingerprint density at radius 3 is 2.81 bits per heavy atom. The van der Waals surface area contributed by atoms with Crippen LogP contribution in [0.2, 0.25) is 0 Å². The standard InChI is InChI=1S/C10H9BrN2O3/c1-13-9(11)8-6(12-13)3-5(10(14)15)4-7(8)16-2/h3-4H,1-2H3,(H,14,15). The molecule has 1 N–H and O–H groups in total. The lowest BCUT2D eigenvalue weighted by Crippen LogP contribution is -1.97. The lowest BCUT2D eigenvalue weighted by atomic mass is 10.1. The molecule has 0 amide bonds. The van der Waals surface area contributed by atoms with Crippen LogP contribution in [0.4, 0.5) is 0 Å². The van der Waals surface area contributed by atoms with E-state index in [-0.39, 0.29) is 5.56 Å². The number of carboxylic acids is 1. The highest BCUT2D eigenvalue weighted by Gasteiger charge is 2.15. The molecule has 5 nitrogen and oxygen atoms in total. The summed E-state index contributed by atoms with van der Waals surface area (Å²) < 4.78 is 7.55. The predicted molar refractivity (Wildman–Crippen MR) is 61.9 cm³/mol. The maximum absolute atomic E-state index is 10.9. The first-order valence-electron chi connectivity index (χ1n) is 4.48. The fourth-order valence-electron chi connectivity index (χ4n) is 1.54. The molecule has 0 fully saturated rings. The van der Waals surface area contributed by atoms with Crippen molar-refractivity contribution < 1.29 is 14.6 Å². The van der Waals surface area contributed by atoms with Crippen molar-refractivity contribution in [1.29, 1.82) is 0 Å². The SMILES string of the molecule is COc1cc(C(=O)O)cc2nn(C)c(Br)c12. The summed E-state index contributed by atoms with van der Waals surface area (Å²) in [4.78, 5) is 10.9. The Labute approximate surface area is 99.8 Å². The van der Waals surface area contributed by atoms with E-state index in [1.807, 2.05) is 0 Å². The number of aromatic carboxylic acids is 1. The molecule has 6 heteroatoms. The van der Waals surface area contributed by atoms with Gasteiger partial charge in [0, 0.05) is 7.05 Å². The van der Waals surface area contributed by atoms with E-state index in [9.17, 15) is 4.79 Å². The Balaban J connectivity index is 2.83. The Morgan fingerprint density at radius 1 is 1.56 bits per heavy atom. The highest BCUT2D eigenvalue weighted by molar-refractivity contribution is 9.10. The van der Waals surface area contributed by atoms with Crippen LogP contribution in [0.15, 0.2) is 16.7 Å². The summed E-state index contributed by atoms with van der Waals surface area (Å²) in [5.41, 5.74) is 0.751. The van der Waals surface area contributed by atoms with Crippen molar-refractivity contribution in [1.82, 2.24) is 9.78 Å². The molecule has 0 aliphatic carbocycles. The zero-order valence-corrected chi connectivity index (χ0v) is 10.3. The zero-order valence-electron chi connectivity index (χ0n) is 8.69. The van der Waals surface area contributed by atoms with Gasteiger partial charge in [-0.2, -0.15) is 5.10 Å². The van der Waals surface area contributed by atoms with Crippen LogP contribution in [-0.4, -0.2) is 28.0 Å². The number of carbonyl (C=O) groups is 1. The summed E-state index contributed by atoms with van der Waals surface area (Å²) in [6.07, 6.45) is 0. The number of halogens is 1. The molecular weight excluding hydrogens is 276 g/mol. The number of ether oxygens (including phenoxy) is 1. The van der Waals surface area contributed by atoms with Crippen molar-refractivity contribution in [2.45, 2.75) is 0 Å². The number of benzene rings is 1. The summed E-state index contributed by atoms with van der Waals surface area (Å²) in [6, 6.07) is 3.00. The van der Waals surface area contributed by atoms with Gasteiger partial charge in [0.25, 0.3) is 0 Å². The molecule has 1 aromatic heterocycles. The lowest BCUT2D eigenvalue weighted by molar-refractivity contribution is 0.0696. The summed E-state index contributed by atoms with van der Waals surface area (Å²) in [6.45, 7) is 0. The van der Waals surface area contributed by atoms with E-state index >= 15 is 0 Å². The smallest absolute Gasteiger partial charge is 0.335 e. The molecule has 0 radical (unpaired) electrons. The molecule has 0 aliphatic heterocycles. The number of aromatic nitrogens is 2. The first kappa shape index (κ1) is 10.9. The fraction of sp³-hybridized carbons (Fsp3) is 0.200. The number of carboxylic acid groups (broad SMARTS) is 1. The molecule has 16 heavy (non-hydrogen) atoms. The number of methoxy groups -OCH3 is 1. The highest BCUT2D eigenvalue weighted by Crippen LogP contribution is 2.33. The largest absolute Gasteiger partial charge is 0.496 e. The maximum Gasteiger partial charge on any atom is 0.335 e. The molecule has 0 saturated heterocycles. The summed E-state index contributed by atoms with van der Waals surface area (Å²) in [5.74, 6) is -0.503. The summed E-state index contributed by atoms with van der Waals surface area (Å²) in [7, 11) is 3.27. The molecule has 0 atom stereocenters. The number of aryl methyl sites for hydroxylation is 1. The molecule has 0 spiro atoms. The topological polar surface area (TPSA) is 64.3 Å². The van der Waals surface area contributed by atoms with Crippen LogP contribution < -0.4 is 4.74 Å². The van der Waals surface area contributed by atoms with Crippen LogP contribution >= 0.6 is 15.9 Å². The van der Waals surface area contributed by atoms with Gasteiger partial charge in [0.2, 0.25) is 0 Å². The van der Waals surface area contributed by atoms with Crippen molar-refractivity contribution in [2.24, 2.45) is 7.05 Å². The minimum Gasteiger partial charge on any atom is -0.496 e. The van der Waals surface area contributed by atoms with Crippen molar-refractivity contribution >= 4 is 32.8 Å². The van der Waals surface area contributed by atoms with Gasteiger partial charge in [0.15, 0.2) is 0 Å². The number of hydrogen-bond donors (Lipinski definition) is 1. The second-order valence-corrected chi connectivity index (χ2v) is 4.04. The van der Waals surface area contributed by atoms with Gasteiger partial charge in [-0.15, -0.1) is 0 Å². The molecule has 84 valence electrons. The number of fused-ring (bicyclic) bond motifs is 1. The molecule has 0 saturated carbocycles. The van der Waals surface area contributed by atoms with E-state index in [1.54, 1.807) is 11.7 Å². The molecule has 1 aromatic carbocycles. The summed E-state index contributed by atoms with van der Waals surface area (Å²) in [5, 5.41) is 13.9. The van der Waals surface area contributed by atoms with E-state index in [2.05, 4.69) is 21.0 Å². The van der Waals surface area contributed by atoms with Gasteiger partial charge in [0.05, 0.1) is 23.6 Å². The van der Waals surface area contributed by atoms with Crippen LogP contribution in [-0.2, 0) is 7.05 Å². The number of nitrogens with zero attached hydrogens (tertiary/aromatic N) is 2. The molecular formula is C10H9BrN2O3. The average Bonchev–Trinajstić information content (AvgIpc) is 2.53. The van der Waals surface area contributed by atoms with E-state index in [1.165, 1.54) is 19.2 Å². The van der Waals surface area contributed by atoms with Crippen molar-refractivity contribution in [3.63, 3.8) is 0 Å². The third kappa shape index (κ3) is 1.55. The van der Waals surface area contributed by atoms with Crippen LogP contribution in [0.5, 0.6) is 5.75 Å². The van der Waals surface area contributed by atoms with E-state index in [0.29, 0.717) is 11.3 Å². The van der Waals surface area contributed by atoms with Gasteiger partial charge in [0.1, 0.15) is 10.4 Å². The van der Waals surface area contributed by atoms with Gasteiger partial charge in [-0.05, 0) is 28.1 Å². The monoisotopic (exact) mass is 284 g/mol. The normalized spacial score (nSPS) is 10.7. The van der Waals surface area contributed by atoms with Gasteiger partial charge in [-0.25, -0.2) is 4.79 Å². The minimum atomic E-state index is -0.998. The Morgan fingerprint density at radius 2 is 2.25 bits per heavy atom. The van der Waals surface area contributed by atoms with Gasteiger partial charge >= 0.3 is 5.97 Å². The van der Waals surface area contributed by atoms with Crippen LogP contribution in [0.1, 0.15) is 10.4 Å². The van der Waals surface area contributed by atoms with Crippen LogP contribution in [0.25, 0.3) is 10.9 Å². The molecule has 2 aromatic rings. The van der Waals surface area contributed by atoms with Crippen molar-refractivity contribution in [2.75, 3.05) is 7.11 Å². The summed E-state index contributed by atoms with van der Waals surface area (Å²) >= 11 is 3.38. The Bertz CT molecular complexity index is 577. The van der Waals surface area contributed by atoms with Gasteiger partial charge < -0.3 is 9.84 Å². The average molecular weight is 285 g/mol. The molecule has 1 heterocycles. The Hall–Kier alpha value is -1.56. The molecule has 0 aliphatic rings. The number of hydrogen-bond acceptors (Lipinski definition) is 3. The quantitative estimate of drug-likeness (QED) is 0.917. The zero-order chi connectivity index (χ0) is 11.9. The second kappa shape index (κ2) is 3.79. The molecule has 0 unspecified atom stereocenters. The van der Waals surface area contributed by atoms with E-state index in [4.69, 9.17) is 9.84 Å². The van der Waals surface area contributed by atoms with E-state index < -0.39 is 5.97 Å². The Kier molecular flexibility index (Phi) is 2.59. The number of rotatable bonds is 2. The van der Waals surface area contributed by atoms with Crippen molar-refractivity contribution in [3.8, 4) is 5.75 Å². The van der Waals surface area contributed by atoms with Crippen LogP contribution in [0, 0.1) is 0 Å². The third-order valence-corrected chi connectivity index (χ3v) is 3.21. The van der Waals surface area contributed by atoms with Gasteiger partial charge in [-0.3, -0.25) is 4.68 Å². The third-order valence-electron chi connectivity index (χ3n) is 2.30. The first-order chi connectivity index (χ1) is 7.54. The second-order valence-electron chi connectivity index (χ2n) is 3.29. The van der Waals surface area contributed by atoms with Crippen LogP contribution in [0.3, 0.4) is 0 Å². The first-order valence-corrected chi connectivity index (χ1v) is 5.27. The highest BCUT2D eigenvalue weighted by atomic mass is 79.9. The predicted octanol–water partition coefficient (Wildman–Crippen LogP) is 2.04.